The lowest BCUT2D eigenvalue weighted by molar-refractivity contribution is -0.122. The largest absolute Gasteiger partial charge is 0.488 e. The highest BCUT2D eigenvalue weighted by Crippen LogP contribution is 2.30. The molecule has 6 nitrogen and oxygen atoms in total. The topological polar surface area (TPSA) is 75.7 Å². The van der Waals surface area contributed by atoms with E-state index in [1.54, 1.807) is 36.4 Å². The van der Waals surface area contributed by atoms with E-state index in [-0.39, 0.29) is 16.3 Å². The van der Waals surface area contributed by atoms with Crippen LogP contribution in [0.5, 0.6) is 5.75 Å². The third-order valence-electron chi connectivity index (χ3n) is 6.06. The average Bonchev–Trinajstić information content (AvgIpc) is 2.87. The Hall–Kier alpha value is -4.42. The predicted octanol–water partition coefficient (Wildman–Crippen LogP) is 6.05. The number of amides is 4. The van der Waals surface area contributed by atoms with Gasteiger partial charge < -0.3 is 4.74 Å². The summed E-state index contributed by atoms with van der Waals surface area (Å²) in [4.78, 5) is 39.3. The van der Waals surface area contributed by atoms with Crippen LogP contribution in [0.15, 0.2) is 90.5 Å². The summed E-state index contributed by atoms with van der Waals surface area (Å²) in [7, 11) is 0. The molecule has 4 amide bonds. The van der Waals surface area contributed by atoms with E-state index in [1.807, 2.05) is 25.1 Å². The van der Waals surface area contributed by atoms with Crippen LogP contribution >= 0.6 is 11.6 Å². The van der Waals surface area contributed by atoms with Gasteiger partial charge in [0.15, 0.2) is 0 Å². The fourth-order valence-electron chi connectivity index (χ4n) is 4.18. The number of fused-ring (bicyclic) bond motifs is 1. The van der Waals surface area contributed by atoms with E-state index >= 15 is 0 Å². The second-order valence-electron chi connectivity index (χ2n) is 8.32. The molecule has 1 heterocycles. The number of hydrogen-bond acceptors (Lipinski definition) is 4. The summed E-state index contributed by atoms with van der Waals surface area (Å²) in [6.45, 7) is 2.34. The molecular weight excluding hydrogens is 476 g/mol. The number of halogens is 1. The Morgan fingerprint density at radius 3 is 2.44 bits per heavy atom. The summed E-state index contributed by atoms with van der Waals surface area (Å²) < 4.78 is 6.19. The van der Waals surface area contributed by atoms with Crippen molar-refractivity contribution < 1.29 is 19.1 Å². The van der Waals surface area contributed by atoms with E-state index in [9.17, 15) is 14.4 Å². The number of aryl methyl sites for hydroxylation is 1. The van der Waals surface area contributed by atoms with E-state index < -0.39 is 17.8 Å². The van der Waals surface area contributed by atoms with Crippen LogP contribution in [0.25, 0.3) is 16.8 Å². The van der Waals surface area contributed by atoms with Gasteiger partial charge in [0.2, 0.25) is 0 Å². The van der Waals surface area contributed by atoms with Crippen LogP contribution in [0.4, 0.5) is 10.5 Å². The maximum Gasteiger partial charge on any atom is 0.335 e. The number of nitrogens with one attached hydrogen (secondary N) is 1. The molecule has 0 spiro atoms. The molecule has 1 fully saturated rings. The summed E-state index contributed by atoms with van der Waals surface area (Å²) in [5.41, 5.74) is 2.67. The van der Waals surface area contributed by atoms with Crippen LogP contribution in [-0.4, -0.2) is 17.8 Å². The fraction of sp³-hybridized carbons (Fsp3) is 0.0690. The molecule has 0 aromatic heterocycles. The molecule has 4 aromatic rings. The van der Waals surface area contributed by atoms with Gasteiger partial charge in [0.1, 0.15) is 17.9 Å². The molecule has 1 saturated heterocycles. The van der Waals surface area contributed by atoms with Gasteiger partial charge >= 0.3 is 6.03 Å². The molecule has 1 aliphatic heterocycles. The van der Waals surface area contributed by atoms with Crippen molar-refractivity contribution in [3.63, 3.8) is 0 Å². The molecule has 0 unspecified atom stereocenters. The number of barbiturate groups is 1. The minimum atomic E-state index is -0.855. The van der Waals surface area contributed by atoms with Crippen LogP contribution in [-0.2, 0) is 16.2 Å². The van der Waals surface area contributed by atoms with Crippen LogP contribution in [0.3, 0.4) is 0 Å². The molecule has 7 heteroatoms. The van der Waals surface area contributed by atoms with Gasteiger partial charge in [-0.15, -0.1) is 0 Å². The zero-order valence-electron chi connectivity index (χ0n) is 19.3. The predicted molar refractivity (Wildman–Crippen MR) is 140 cm³/mol. The first-order chi connectivity index (χ1) is 17.4. The van der Waals surface area contributed by atoms with Crippen molar-refractivity contribution in [2.45, 2.75) is 13.5 Å². The third kappa shape index (κ3) is 4.34. The smallest absolute Gasteiger partial charge is 0.335 e. The highest BCUT2D eigenvalue weighted by atomic mass is 35.5. The van der Waals surface area contributed by atoms with Crippen molar-refractivity contribution >= 4 is 52.0 Å². The van der Waals surface area contributed by atoms with Crippen molar-refractivity contribution in [2.24, 2.45) is 0 Å². The number of urea groups is 1. The number of para-hydroxylation sites is 2. The molecule has 0 saturated carbocycles. The molecule has 1 N–H and O–H groups in total. The van der Waals surface area contributed by atoms with Crippen LogP contribution < -0.4 is 15.0 Å². The summed E-state index contributed by atoms with van der Waals surface area (Å²) in [6.07, 6.45) is 1.43. The van der Waals surface area contributed by atoms with E-state index in [0.29, 0.717) is 17.9 Å². The first kappa shape index (κ1) is 23.3. The van der Waals surface area contributed by atoms with Gasteiger partial charge in [-0.3, -0.25) is 14.9 Å². The number of imide groups is 2. The Morgan fingerprint density at radius 1 is 0.889 bits per heavy atom. The highest BCUT2D eigenvalue weighted by Gasteiger charge is 2.37. The van der Waals surface area contributed by atoms with Crippen LogP contribution in [0, 0.1) is 6.92 Å². The number of nitrogens with zero attached hydrogens (tertiary/aromatic N) is 1. The number of rotatable bonds is 5. The monoisotopic (exact) mass is 496 g/mol. The number of anilines is 1. The average molecular weight is 497 g/mol. The Labute approximate surface area is 212 Å². The molecule has 0 radical (unpaired) electrons. The number of benzene rings is 4. The number of carbonyl (C=O) groups is 3. The van der Waals surface area contributed by atoms with Crippen molar-refractivity contribution in [3.8, 4) is 5.75 Å². The molecule has 4 aromatic carbocycles. The quantitative estimate of drug-likeness (QED) is 0.270. The van der Waals surface area contributed by atoms with Crippen molar-refractivity contribution in [1.82, 2.24) is 5.32 Å². The second kappa shape index (κ2) is 9.68. The summed E-state index contributed by atoms with van der Waals surface area (Å²) in [5, 5.41) is 4.65. The fourth-order valence-corrected chi connectivity index (χ4v) is 4.40. The van der Waals surface area contributed by atoms with E-state index in [2.05, 4.69) is 29.6 Å². The van der Waals surface area contributed by atoms with E-state index in [4.69, 9.17) is 16.3 Å². The van der Waals surface area contributed by atoms with Crippen LogP contribution in [0.1, 0.15) is 16.7 Å². The number of ether oxygens (including phenoxy) is 1. The zero-order chi connectivity index (χ0) is 25.2. The van der Waals surface area contributed by atoms with Crippen LogP contribution in [0.2, 0.25) is 5.02 Å². The van der Waals surface area contributed by atoms with Gasteiger partial charge in [-0.05, 0) is 47.5 Å². The maximum absolute atomic E-state index is 13.3. The number of carbonyl (C=O) groups excluding carboxylic acids is 3. The first-order valence-corrected chi connectivity index (χ1v) is 11.7. The Bertz CT molecular complexity index is 1560. The standard InChI is InChI=1S/C29H21ClN2O4/c1-18-14-15-19-8-2-4-10-21(19)23(18)17-36-26-13-7-3-9-20(26)16-22-27(33)31-29(35)32(28(22)34)25-12-6-5-11-24(25)30/h2-16H,17H2,1H3,(H,31,33,35)/b22-16+. The molecule has 36 heavy (non-hydrogen) atoms. The van der Waals surface area contributed by atoms with Crippen molar-refractivity contribution in [3.05, 3.63) is 112 Å². The summed E-state index contributed by atoms with van der Waals surface area (Å²) in [6, 6.07) is 24.9. The number of hydrogen-bond donors (Lipinski definition) is 1. The van der Waals surface area contributed by atoms with E-state index in [1.165, 1.54) is 12.1 Å². The van der Waals surface area contributed by atoms with Gasteiger partial charge in [0, 0.05) is 11.1 Å². The molecule has 0 atom stereocenters. The Kier molecular flexibility index (Phi) is 6.27. The molecule has 178 valence electrons. The van der Waals surface area contributed by atoms with Gasteiger partial charge in [-0.25, -0.2) is 9.69 Å². The highest BCUT2D eigenvalue weighted by molar-refractivity contribution is 6.42. The minimum Gasteiger partial charge on any atom is -0.488 e. The normalized spacial score (nSPS) is 14.9. The maximum atomic E-state index is 13.3. The molecule has 1 aliphatic rings. The van der Waals surface area contributed by atoms with Gasteiger partial charge in [0.05, 0.1) is 10.7 Å². The van der Waals surface area contributed by atoms with Crippen molar-refractivity contribution in [1.29, 1.82) is 0 Å². The SMILES string of the molecule is Cc1ccc2ccccc2c1COc1ccccc1/C=C1\C(=O)NC(=O)N(c2ccccc2Cl)C1=O. The summed E-state index contributed by atoms with van der Waals surface area (Å²) in [5.74, 6) is -1.05. The molecule has 0 aliphatic carbocycles. The summed E-state index contributed by atoms with van der Waals surface area (Å²) >= 11 is 6.21. The molecule has 0 bridgehead atoms. The Balaban J connectivity index is 1.48. The van der Waals surface area contributed by atoms with Gasteiger partial charge in [-0.1, -0.05) is 78.3 Å². The van der Waals surface area contributed by atoms with Gasteiger partial charge in [0.25, 0.3) is 11.8 Å². The lowest BCUT2D eigenvalue weighted by Gasteiger charge is -2.27. The Morgan fingerprint density at radius 2 is 1.61 bits per heavy atom. The second-order valence-corrected chi connectivity index (χ2v) is 8.73. The minimum absolute atomic E-state index is 0.191. The van der Waals surface area contributed by atoms with E-state index in [0.717, 1.165) is 26.8 Å². The van der Waals surface area contributed by atoms with Gasteiger partial charge in [-0.2, -0.15) is 0 Å². The molecular formula is C29H21ClN2O4. The first-order valence-electron chi connectivity index (χ1n) is 11.3. The zero-order valence-corrected chi connectivity index (χ0v) is 20.1. The lowest BCUT2D eigenvalue weighted by atomic mass is 10.0. The lowest BCUT2D eigenvalue weighted by Crippen LogP contribution is -2.54. The van der Waals surface area contributed by atoms with Crippen molar-refractivity contribution in [2.75, 3.05) is 4.90 Å². The third-order valence-corrected chi connectivity index (χ3v) is 6.38. The molecule has 5 rings (SSSR count).